The van der Waals surface area contributed by atoms with Crippen LogP contribution in [0.3, 0.4) is 0 Å². The molecule has 0 spiro atoms. The molecule has 8 aliphatic heterocycles. The Bertz CT molecular complexity index is 4740. The van der Waals surface area contributed by atoms with E-state index in [1.807, 2.05) is 64.1 Å². The van der Waals surface area contributed by atoms with Crippen molar-refractivity contribution in [1.29, 1.82) is 0 Å². The number of rotatable bonds is 14. The highest BCUT2D eigenvalue weighted by molar-refractivity contribution is 5.90. The molecule has 8 aromatic carbocycles. The Hall–Kier alpha value is -10.4. The van der Waals surface area contributed by atoms with E-state index in [2.05, 4.69) is 191 Å². The molecule has 4 saturated heterocycles. The molecule has 16 heteroatoms. The van der Waals surface area contributed by atoms with Crippen molar-refractivity contribution in [1.82, 2.24) is 19.6 Å². The largest absolute Gasteiger partial charge is 0.488 e. The first-order valence-electron chi connectivity index (χ1n) is 40.8. The van der Waals surface area contributed by atoms with Crippen LogP contribution in [0, 0.1) is 10.8 Å². The predicted octanol–water partition coefficient (Wildman–Crippen LogP) is 19.4. The van der Waals surface area contributed by atoms with Crippen molar-refractivity contribution in [2.24, 2.45) is 10.8 Å². The molecule has 4 N–H and O–H groups in total. The van der Waals surface area contributed by atoms with Crippen molar-refractivity contribution in [2.45, 2.75) is 170 Å². The van der Waals surface area contributed by atoms with Crippen molar-refractivity contribution in [3.05, 3.63) is 283 Å². The SMILES string of the molecule is CC(C)(CC(=O)O)N1CCC(=C2c3ccccc3COc3ccccc32)CC1.CC(C)(CCC(=O)O)N1CCC(=C2c3ccccc3COc3ccccc32)CC1.CC(C)(CCN1CCC(=C2c3ccccc3COc3ccccc32)CC1)C(=O)O.CC(C)(CN1CCC(=C2c3ccccc3COc3ccccc32)CC1)C(=O)O. The highest BCUT2D eigenvalue weighted by atomic mass is 16.5. The first kappa shape index (κ1) is 81.6. The Morgan fingerprint density at radius 3 is 0.886 bits per heavy atom. The summed E-state index contributed by atoms with van der Waals surface area (Å²) in [6.07, 6.45) is 9.53. The smallest absolute Gasteiger partial charge is 0.310 e. The number of likely N-dealkylation sites (tertiary alicyclic amines) is 4. The van der Waals surface area contributed by atoms with Crippen molar-refractivity contribution in [3.63, 3.8) is 0 Å². The van der Waals surface area contributed by atoms with Crippen LogP contribution in [0.2, 0.25) is 0 Å². The van der Waals surface area contributed by atoms with Gasteiger partial charge in [-0.1, -0.05) is 192 Å². The summed E-state index contributed by atoms with van der Waals surface area (Å²) < 4.78 is 24.4. The number of hydrogen-bond acceptors (Lipinski definition) is 12. The van der Waals surface area contributed by atoms with Crippen LogP contribution in [-0.4, -0.2) is 140 Å². The molecule has 0 atom stereocenters. The lowest BCUT2D eigenvalue weighted by atomic mass is 9.85. The van der Waals surface area contributed by atoms with E-state index in [1.165, 1.54) is 111 Å². The van der Waals surface area contributed by atoms with Gasteiger partial charge in [0, 0.05) is 98.7 Å². The van der Waals surface area contributed by atoms with Crippen LogP contribution in [-0.2, 0) is 45.6 Å². The van der Waals surface area contributed by atoms with Gasteiger partial charge >= 0.3 is 23.9 Å². The molecule has 0 bridgehead atoms. The monoisotopic (exact) mass is 1540 g/mol. The number of fused-ring (bicyclic) bond motifs is 8. The fraction of sp³-hybridized carbons (Fsp3) is 0.388. The van der Waals surface area contributed by atoms with Crippen LogP contribution in [0.4, 0.5) is 0 Å². The Kier molecular flexibility index (Phi) is 25.8. The number of piperidine rings is 4. The predicted molar refractivity (Wildman–Crippen MR) is 451 cm³/mol. The molecule has 0 aliphatic carbocycles. The minimum Gasteiger partial charge on any atom is -0.488 e. The summed E-state index contributed by atoms with van der Waals surface area (Å²) in [5.41, 5.74) is 24.0. The number of carbonyl (C=O) groups is 4. The maximum Gasteiger partial charge on any atom is 0.310 e. The number of ether oxygens (including phenoxy) is 4. The first-order chi connectivity index (χ1) is 54.8. The van der Waals surface area contributed by atoms with Crippen LogP contribution in [0.25, 0.3) is 22.3 Å². The average Bonchev–Trinajstić information content (AvgIpc) is 1.57. The summed E-state index contributed by atoms with van der Waals surface area (Å²) in [5, 5.41) is 37.1. The van der Waals surface area contributed by atoms with E-state index in [9.17, 15) is 34.5 Å². The third-order valence-electron chi connectivity index (χ3n) is 24.4. The number of nitrogens with zero attached hydrogens (tertiary/aromatic N) is 4. The van der Waals surface area contributed by atoms with Crippen molar-refractivity contribution < 1.29 is 58.6 Å². The normalized spacial score (nSPS) is 17.3. The highest BCUT2D eigenvalue weighted by Crippen LogP contribution is 2.47. The fourth-order valence-corrected chi connectivity index (χ4v) is 17.5. The maximum absolute atomic E-state index is 11.5. The molecular formula is C98H112N4O12. The number of aliphatic carboxylic acids is 4. The highest BCUT2D eigenvalue weighted by Gasteiger charge is 2.37. The van der Waals surface area contributed by atoms with E-state index >= 15 is 0 Å². The Balaban J connectivity index is 0.000000133. The van der Waals surface area contributed by atoms with Gasteiger partial charge in [0.2, 0.25) is 0 Å². The summed E-state index contributed by atoms with van der Waals surface area (Å²) in [5.74, 6) is 0.879. The zero-order valence-corrected chi connectivity index (χ0v) is 67.7. The fourth-order valence-electron chi connectivity index (χ4n) is 17.5. The summed E-state index contributed by atoms with van der Waals surface area (Å²) in [4.78, 5) is 54.5. The van der Waals surface area contributed by atoms with Gasteiger partial charge in [0.15, 0.2) is 0 Å². The minimum atomic E-state index is -0.738. The maximum atomic E-state index is 11.5. The van der Waals surface area contributed by atoms with Crippen molar-refractivity contribution >= 4 is 46.2 Å². The lowest BCUT2D eigenvalue weighted by molar-refractivity contribution is -0.148. The van der Waals surface area contributed by atoms with Gasteiger partial charge in [0.1, 0.15) is 49.4 Å². The first-order valence-corrected chi connectivity index (χ1v) is 40.8. The van der Waals surface area contributed by atoms with E-state index in [1.54, 1.807) is 13.8 Å². The van der Waals surface area contributed by atoms with Crippen LogP contribution in [0.5, 0.6) is 23.0 Å². The molecule has 8 heterocycles. The van der Waals surface area contributed by atoms with Crippen molar-refractivity contribution in [3.8, 4) is 23.0 Å². The molecule has 8 aliphatic rings. The summed E-state index contributed by atoms with van der Waals surface area (Å²) in [6.45, 7) is 26.8. The molecule has 0 amide bonds. The quantitative estimate of drug-likeness (QED) is 0.0801. The Morgan fingerprint density at radius 1 is 0.316 bits per heavy atom. The molecule has 0 aromatic heterocycles. The lowest BCUT2D eigenvalue weighted by Crippen LogP contribution is -2.48. The average molecular weight is 1540 g/mol. The molecule has 4 fully saturated rings. The third-order valence-corrected chi connectivity index (χ3v) is 24.4. The number of carboxylic acid groups (broad SMARTS) is 4. The minimum absolute atomic E-state index is 0.100. The lowest BCUT2D eigenvalue weighted by Gasteiger charge is -2.42. The van der Waals surface area contributed by atoms with E-state index in [-0.39, 0.29) is 23.9 Å². The third kappa shape index (κ3) is 19.2. The topological polar surface area (TPSA) is 199 Å². The van der Waals surface area contributed by atoms with E-state index in [4.69, 9.17) is 24.1 Å². The zero-order valence-electron chi connectivity index (χ0n) is 67.7. The number of benzene rings is 8. The molecule has 114 heavy (non-hydrogen) atoms. The summed E-state index contributed by atoms with van der Waals surface area (Å²) in [7, 11) is 0. The van der Waals surface area contributed by atoms with Gasteiger partial charge in [-0.05, 0) is 217 Å². The van der Waals surface area contributed by atoms with Gasteiger partial charge in [0.05, 0.1) is 17.3 Å². The van der Waals surface area contributed by atoms with Gasteiger partial charge in [-0.2, -0.15) is 0 Å². The van der Waals surface area contributed by atoms with Gasteiger partial charge in [-0.3, -0.25) is 29.0 Å². The van der Waals surface area contributed by atoms with Gasteiger partial charge in [0.25, 0.3) is 0 Å². The summed E-state index contributed by atoms with van der Waals surface area (Å²) in [6, 6.07) is 67.4. The number of para-hydroxylation sites is 4. The standard InChI is InChI=1S/2C25H29NO3.2C24H27NO3/c1-25(2,14-11-23(27)28)26-15-12-18(13-16-26)24-20-8-4-3-7-19(20)17-29-22-10-6-5-9-21(22)24;1-25(2,24(27)28)13-16-26-14-11-18(12-15-26)23-20-8-4-3-7-19(20)17-29-22-10-6-5-9-21(22)23;1-24(2,15-22(26)27)25-13-11-17(12-14-25)23-19-8-4-3-7-18(19)16-28-21-10-6-5-9-20(21)23;1-24(2,23(26)27)16-25-13-11-17(12-14-25)22-19-8-4-3-7-18(19)15-28-21-10-6-5-9-20(21)22/h2*3-10H,11-17H2,1-2H3,(H,27,28);2*3-10H,11-16H2,1-2H3,(H,26,27). The second kappa shape index (κ2) is 36.0. The molecule has 0 saturated carbocycles. The summed E-state index contributed by atoms with van der Waals surface area (Å²) >= 11 is 0. The van der Waals surface area contributed by atoms with Gasteiger partial charge in [-0.25, -0.2) is 0 Å². The number of carboxylic acids is 4. The van der Waals surface area contributed by atoms with Crippen LogP contribution < -0.4 is 18.9 Å². The van der Waals surface area contributed by atoms with E-state index in [0.29, 0.717) is 45.8 Å². The molecule has 0 radical (unpaired) electrons. The van der Waals surface area contributed by atoms with Crippen molar-refractivity contribution in [2.75, 3.05) is 65.4 Å². The molecule has 16 nitrogen and oxygen atoms in total. The molecule has 8 aromatic rings. The molecule has 0 unspecified atom stereocenters. The molecule has 596 valence electrons. The number of hydrogen-bond donors (Lipinski definition) is 4. The molecule has 16 rings (SSSR count). The van der Waals surface area contributed by atoms with Crippen LogP contribution in [0.15, 0.2) is 216 Å². The Labute approximate surface area is 673 Å². The van der Waals surface area contributed by atoms with E-state index in [0.717, 1.165) is 133 Å². The van der Waals surface area contributed by atoms with Crippen LogP contribution in [0.1, 0.15) is 199 Å². The Morgan fingerprint density at radius 2 is 0.588 bits per heavy atom. The zero-order chi connectivity index (χ0) is 80.3. The van der Waals surface area contributed by atoms with Gasteiger partial charge in [-0.15, -0.1) is 0 Å². The van der Waals surface area contributed by atoms with E-state index < -0.39 is 34.7 Å². The second-order valence-electron chi connectivity index (χ2n) is 34.0. The van der Waals surface area contributed by atoms with Crippen LogP contribution >= 0.6 is 0 Å². The second-order valence-corrected chi connectivity index (χ2v) is 34.0. The van der Waals surface area contributed by atoms with Gasteiger partial charge < -0.3 is 49.2 Å². The molecular weight excluding hydrogens is 1430 g/mol.